The molecule has 0 atom stereocenters. The van der Waals surface area contributed by atoms with Gasteiger partial charge in [0.05, 0.1) is 25.2 Å². The van der Waals surface area contributed by atoms with Gasteiger partial charge in [0.25, 0.3) is 0 Å². The maximum absolute atomic E-state index is 5.49. The zero-order chi connectivity index (χ0) is 19.1. The van der Waals surface area contributed by atoms with Gasteiger partial charge in [0.15, 0.2) is 0 Å². The molecule has 4 rings (SSSR count). The van der Waals surface area contributed by atoms with Crippen LogP contribution in [0.1, 0.15) is 43.2 Å². The zero-order valence-corrected chi connectivity index (χ0v) is 16.8. The fraction of sp³-hybridized carbons (Fsp3) is 0.462. The molecule has 2 heteroatoms. The molecule has 0 radical (unpaired) electrons. The number of nitrogens with zero attached hydrogens (tertiary/aromatic N) is 1. The van der Waals surface area contributed by atoms with Gasteiger partial charge < -0.3 is 4.74 Å². The number of benzene rings is 2. The van der Waals surface area contributed by atoms with E-state index in [4.69, 9.17) is 4.74 Å². The minimum Gasteiger partial charge on any atom is -0.379 e. The van der Waals surface area contributed by atoms with E-state index in [2.05, 4.69) is 77.4 Å². The van der Waals surface area contributed by atoms with Crippen LogP contribution < -0.4 is 0 Å². The lowest BCUT2D eigenvalue weighted by molar-refractivity contribution is 0.0443. The van der Waals surface area contributed by atoms with Gasteiger partial charge in [-0.15, -0.1) is 0 Å². The number of hydrogen-bond acceptors (Lipinski definition) is 2. The molecule has 146 valence electrons. The highest BCUT2D eigenvalue weighted by Crippen LogP contribution is 2.45. The van der Waals surface area contributed by atoms with E-state index in [1.165, 1.54) is 43.2 Å². The molecule has 2 aromatic carbocycles. The minimum absolute atomic E-state index is 0.213. The van der Waals surface area contributed by atoms with Crippen LogP contribution in [0, 0.1) is 17.8 Å². The Hall–Kier alpha value is -2.08. The molecule has 0 amide bonds. The van der Waals surface area contributed by atoms with E-state index in [0.717, 1.165) is 32.8 Å². The summed E-state index contributed by atoms with van der Waals surface area (Å²) in [4.78, 5) is 2.41. The topological polar surface area (TPSA) is 12.5 Å². The Kier molecular flexibility index (Phi) is 6.47. The fourth-order valence-corrected chi connectivity index (χ4v) is 4.87. The largest absolute Gasteiger partial charge is 0.379 e. The Morgan fingerprint density at radius 2 is 1.39 bits per heavy atom. The number of hydrogen-bond donors (Lipinski definition) is 0. The summed E-state index contributed by atoms with van der Waals surface area (Å²) in [6.45, 7) is 4.46. The van der Waals surface area contributed by atoms with Crippen molar-refractivity contribution in [2.75, 3.05) is 32.8 Å². The molecule has 1 aliphatic heterocycles. The lowest BCUT2D eigenvalue weighted by Gasteiger charge is -2.40. The van der Waals surface area contributed by atoms with Gasteiger partial charge in [0.2, 0.25) is 0 Å². The Balaban J connectivity index is 1.76. The van der Waals surface area contributed by atoms with E-state index < -0.39 is 0 Å². The van der Waals surface area contributed by atoms with Crippen molar-refractivity contribution in [2.24, 2.45) is 5.92 Å². The van der Waals surface area contributed by atoms with E-state index in [-0.39, 0.29) is 5.41 Å². The molecule has 0 bridgehead atoms. The summed E-state index contributed by atoms with van der Waals surface area (Å²) in [6, 6.07) is 22.0. The summed E-state index contributed by atoms with van der Waals surface area (Å²) >= 11 is 0. The highest BCUT2D eigenvalue weighted by atomic mass is 16.5. The molecule has 2 aliphatic rings. The molecule has 2 aromatic rings. The molecule has 1 saturated carbocycles. The average Bonchev–Trinajstić information content (AvgIpc) is 2.79. The van der Waals surface area contributed by atoms with Gasteiger partial charge in [-0.3, -0.25) is 4.90 Å². The maximum atomic E-state index is 5.49. The molecule has 2 fully saturated rings. The van der Waals surface area contributed by atoms with Crippen molar-refractivity contribution in [2.45, 2.75) is 37.5 Å². The van der Waals surface area contributed by atoms with Crippen LogP contribution in [0.15, 0.2) is 60.7 Å². The van der Waals surface area contributed by atoms with Crippen LogP contribution in [0.2, 0.25) is 0 Å². The van der Waals surface area contributed by atoms with Crippen LogP contribution in [-0.4, -0.2) is 37.7 Å². The van der Waals surface area contributed by atoms with Crippen LogP contribution in [0.3, 0.4) is 0 Å². The molecule has 2 nitrogen and oxygen atoms in total. The van der Waals surface area contributed by atoms with E-state index in [0.29, 0.717) is 5.92 Å². The molecular formula is C26H31NO. The molecule has 28 heavy (non-hydrogen) atoms. The summed E-state index contributed by atoms with van der Waals surface area (Å²) in [5, 5.41) is 0. The van der Waals surface area contributed by atoms with Crippen LogP contribution in [0.5, 0.6) is 0 Å². The molecule has 1 saturated heterocycles. The third kappa shape index (κ3) is 4.17. The summed E-state index contributed by atoms with van der Waals surface area (Å²) in [5.74, 6) is 8.03. The second-order valence-electron chi connectivity index (χ2n) is 8.07. The smallest absolute Gasteiger partial charge is 0.0840 e. The predicted octanol–water partition coefficient (Wildman–Crippen LogP) is 4.89. The first-order valence-corrected chi connectivity index (χ1v) is 10.8. The zero-order valence-electron chi connectivity index (χ0n) is 16.8. The molecule has 0 aromatic heterocycles. The average molecular weight is 374 g/mol. The van der Waals surface area contributed by atoms with Gasteiger partial charge in [-0.05, 0) is 29.9 Å². The summed E-state index contributed by atoms with van der Waals surface area (Å²) in [6.07, 6.45) is 6.51. The quantitative estimate of drug-likeness (QED) is 0.708. The summed E-state index contributed by atoms with van der Waals surface area (Å²) < 4.78 is 5.49. The van der Waals surface area contributed by atoms with Gasteiger partial charge >= 0.3 is 0 Å². The van der Waals surface area contributed by atoms with E-state index in [1.54, 1.807) is 0 Å². The van der Waals surface area contributed by atoms with Crippen molar-refractivity contribution in [3.63, 3.8) is 0 Å². The van der Waals surface area contributed by atoms with Crippen molar-refractivity contribution in [1.29, 1.82) is 0 Å². The first kappa shape index (κ1) is 19.2. The van der Waals surface area contributed by atoms with E-state index in [9.17, 15) is 0 Å². The maximum Gasteiger partial charge on any atom is 0.0840 e. The van der Waals surface area contributed by atoms with Crippen molar-refractivity contribution in [1.82, 2.24) is 4.90 Å². The molecule has 1 aliphatic carbocycles. The summed E-state index contributed by atoms with van der Waals surface area (Å²) in [5.41, 5.74) is 2.49. The van der Waals surface area contributed by atoms with Gasteiger partial charge in [0.1, 0.15) is 0 Å². The van der Waals surface area contributed by atoms with Crippen molar-refractivity contribution in [3.8, 4) is 11.8 Å². The highest BCUT2D eigenvalue weighted by molar-refractivity contribution is 5.49. The van der Waals surface area contributed by atoms with Gasteiger partial charge in [-0.25, -0.2) is 0 Å². The van der Waals surface area contributed by atoms with E-state index >= 15 is 0 Å². The molecule has 0 N–H and O–H groups in total. The van der Waals surface area contributed by atoms with Crippen LogP contribution in [0.25, 0.3) is 0 Å². The minimum atomic E-state index is -0.213. The molecule has 1 heterocycles. The van der Waals surface area contributed by atoms with Crippen LogP contribution in [0.4, 0.5) is 0 Å². The van der Waals surface area contributed by atoms with Gasteiger partial charge in [0, 0.05) is 13.1 Å². The number of rotatable bonds is 4. The monoisotopic (exact) mass is 373 g/mol. The third-order valence-electron chi connectivity index (χ3n) is 6.37. The second-order valence-corrected chi connectivity index (χ2v) is 8.07. The SMILES string of the molecule is C(#CC(c1ccccc1)(c1ccccc1)C1CCCCC1)CN1CCOCC1. The molecule has 0 unspecified atom stereocenters. The lowest BCUT2D eigenvalue weighted by Crippen LogP contribution is -2.38. The normalized spacial score (nSPS) is 19.0. The first-order valence-electron chi connectivity index (χ1n) is 10.8. The van der Waals surface area contributed by atoms with Crippen LogP contribution >= 0.6 is 0 Å². The Labute approximate surface area is 169 Å². The third-order valence-corrected chi connectivity index (χ3v) is 6.37. The van der Waals surface area contributed by atoms with E-state index in [1.807, 2.05) is 0 Å². The Morgan fingerprint density at radius 1 is 0.821 bits per heavy atom. The van der Waals surface area contributed by atoms with Crippen LogP contribution in [-0.2, 0) is 10.2 Å². The van der Waals surface area contributed by atoms with Crippen molar-refractivity contribution >= 4 is 0 Å². The Morgan fingerprint density at radius 3 is 1.96 bits per heavy atom. The fourth-order valence-electron chi connectivity index (χ4n) is 4.87. The molecule has 0 spiro atoms. The predicted molar refractivity (Wildman–Crippen MR) is 115 cm³/mol. The number of morpholine rings is 1. The second kappa shape index (κ2) is 9.41. The standard InChI is InChI=1S/C26H31NO/c1-4-11-23(12-5-1)26(24-13-6-2-7-14-24,25-15-8-3-9-16-25)17-10-18-27-19-21-28-22-20-27/h1-2,4-7,11-14,25H,3,8-9,15-16,18-22H2. The Bertz CT molecular complexity index is 738. The number of ether oxygens (including phenoxy) is 1. The van der Waals surface area contributed by atoms with Gasteiger partial charge in [-0.1, -0.05) is 91.8 Å². The summed E-state index contributed by atoms with van der Waals surface area (Å²) in [7, 11) is 0. The van der Waals surface area contributed by atoms with Crippen molar-refractivity contribution in [3.05, 3.63) is 71.8 Å². The highest BCUT2D eigenvalue weighted by Gasteiger charge is 2.41. The first-order chi connectivity index (χ1) is 13.9. The molecular weight excluding hydrogens is 342 g/mol. The van der Waals surface area contributed by atoms with Gasteiger partial charge in [-0.2, -0.15) is 0 Å². The van der Waals surface area contributed by atoms with Crippen molar-refractivity contribution < 1.29 is 4.74 Å². The lowest BCUT2D eigenvalue weighted by atomic mass is 9.62.